The molecule has 9 heavy (non-hydrogen) atoms. The number of allylic oxidation sites excluding steroid dienone is 1. The molecule has 0 N–H and O–H groups in total. The molecule has 1 nitrogen and oxygen atoms in total. The van der Waals surface area contributed by atoms with E-state index in [0.29, 0.717) is 6.42 Å². The van der Waals surface area contributed by atoms with Gasteiger partial charge in [0.25, 0.3) is 0 Å². The van der Waals surface area contributed by atoms with Gasteiger partial charge in [-0.05, 0) is 0 Å². The van der Waals surface area contributed by atoms with Crippen LogP contribution in [0, 0.1) is 11.3 Å². The van der Waals surface area contributed by atoms with Crippen molar-refractivity contribution in [3.05, 3.63) is 10.3 Å². The smallest absolute Gasteiger partial charge is 0.0664 e. The van der Waals surface area contributed by atoms with Crippen LogP contribution >= 0.6 is 23.5 Å². The molecule has 1 heterocycles. The Balaban J connectivity index is 2.33. The summed E-state index contributed by atoms with van der Waals surface area (Å²) in [6, 6.07) is 2.09. The molecule has 0 aliphatic carbocycles. The lowest BCUT2D eigenvalue weighted by atomic mass is 10.5. The van der Waals surface area contributed by atoms with Crippen molar-refractivity contribution in [1.29, 1.82) is 5.26 Å². The van der Waals surface area contributed by atoms with E-state index in [-0.39, 0.29) is 0 Å². The Kier molecular flexibility index (Phi) is 3.02. The first-order valence-electron chi connectivity index (χ1n) is 2.76. The Hall–Kier alpha value is -0.0700. The molecular formula is C6H7NS2. The highest BCUT2D eigenvalue weighted by molar-refractivity contribution is 8.25. The summed E-state index contributed by atoms with van der Waals surface area (Å²) >= 11 is 3.71. The summed E-state index contributed by atoms with van der Waals surface area (Å²) in [6.45, 7) is 0. The second-order valence-electron chi connectivity index (χ2n) is 1.58. The maximum Gasteiger partial charge on any atom is 0.0664 e. The third-order valence-corrected chi connectivity index (χ3v) is 3.62. The van der Waals surface area contributed by atoms with Gasteiger partial charge in [-0.15, -0.1) is 23.5 Å². The molecule has 1 aliphatic rings. The molecule has 0 aromatic carbocycles. The molecule has 1 saturated heterocycles. The Morgan fingerprint density at radius 2 is 2.22 bits per heavy atom. The first kappa shape index (κ1) is 7.04. The predicted octanol–water partition coefficient (Wildman–Crippen LogP) is 2.22. The number of hydrogen-bond acceptors (Lipinski definition) is 3. The summed E-state index contributed by atoms with van der Waals surface area (Å²) in [4.78, 5) is 0. The summed E-state index contributed by atoms with van der Waals surface area (Å²) in [7, 11) is 0. The average Bonchev–Trinajstić information content (AvgIpc) is 2.34. The van der Waals surface area contributed by atoms with E-state index in [0.717, 1.165) is 0 Å². The number of thioether (sulfide) groups is 2. The average molecular weight is 157 g/mol. The molecule has 3 heteroatoms. The minimum atomic E-state index is 0.565. The van der Waals surface area contributed by atoms with Crippen LogP contribution in [0.5, 0.6) is 0 Å². The number of hydrogen-bond donors (Lipinski definition) is 0. The molecule has 0 spiro atoms. The molecule has 0 atom stereocenters. The maximum absolute atomic E-state index is 8.21. The van der Waals surface area contributed by atoms with Crippen LogP contribution in [-0.4, -0.2) is 11.5 Å². The van der Waals surface area contributed by atoms with Gasteiger partial charge in [0.1, 0.15) is 0 Å². The lowest BCUT2D eigenvalue weighted by Crippen LogP contribution is -1.64. The Morgan fingerprint density at radius 3 is 2.78 bits per heavy atom. The number of rotatable bonds is 1. The van der Waals surface area contributed by atoms with E-state index in [1.54, 1.807) is 0 Å². The maximum atomic E-state index is 8.21. The van der Waals surface area contributed by atoms with Gasteiger partial charge in [-0.25, -0.2) is 0 Å². The van der Waals surface area contributed by atoms with Gasteiger partial charge < -0.3 is 0 Å². The summed E-state index contributed by atoms with van der Waals surface area (Å²) < 4.78 is 1.33. The van der Waals surface area contributed by atoms with E-state index in [1.807, 2.05) is 29.6 Å². The van der Waals surface area contributed by atoms with Gasteiger partial charge in [0.2, 0.25) is 0 Å². The minimum Gasteiger partial charge on any atom is -0.198 e. The molecule has 1 aliphatic heterocycles. The molecule has 0 saturated carbocycles. The third-order valence-electron chi connectivity index (χ3n) is 0.932. The van der Waals surface area contributed by atoms with E-state index in [2.05, 4.69) is 6.07 Å². The van der Waals surface area contributed by atoms with E-state index < -0.39 is 0 Å². The summed E-state index contributed by atoms with van der Waals surface area (Å²) in [5.74, 6) is 2.42. The van der Waals surface area contributed by atoms with Crippen LogP contribution in [0.25, 0.3) is 0 Å². The minimum absolute atomic E-state index is 0.565. The van der Waals surface area contributed by atoms with Crippen molar-refractivity contribution in [3.8, 4) is 6.07 Å². The van der Waals surface area contributed by atoms with Crippen LogP contribution in [0.3, 0.4) is 0 Å². The molecular weight excluding hydrogens is 150 g/mol. The van der Waals surface area contributed by atoms with Crippen molar-refractivity contribution in [3.63, 3.8) is 0 Å². The van der Waals surface area contributed by atoms with Crippen LogP contribution in [0.2, 0.25) is 0 Å². The molecule has 0 aromatic heterocycles. The second-order valence-corrected chi connectivity index (χ2v) is 4.11. The third kappa shape index (κ3) is 2.33. The highest BCUT2D eigenvalue weighted by Gasteiger charge is 2.05. The monoisotopic (exact) mass is 157 g/mol. The van der Waals surface area contributed by atoms with E-state index >= 15 is 0 Å². The number of nitriles is 1. The molecule has 0 aromatic rings. The van der Waals surface area contributed by atoms with Gasteiger partial charge in [-0.2, -0.15) is 5.26 Å². The van der Waals surface area contributed by atoms with Gasteiger partial charge in [-0.3, -0.25) is 0 Å². The molecule has 0 unspecified atom stereocenters. The topological polar surface area (TPSA) is 23.8 Å². The van der Waals surface area contributed by atoms with Crippen LogP contribution < -0.4 is 0 Å². The van der Waals surface area contributed by atoms with E-state index in [4.69, 9.17) is 5.26 Å². The largest absolute Gasteiger partial charge is 0.198 e. The molecule has 1 rings (SSSR count). The molecule has 1 fully saturated rings. The molecule has 0 bridgehead atoms. The standard InChI is InChI=1S/C6H7NS2/c7-3-1-2-6-8-4-5-9-6/h2H,1,4-5H2. The first-order chi connectivity index (χ1) is 4.43. The van der Waals surface area contributed by atoms with Crippen LogP contribution in [-0.2, 0) is 0 Å². The van der Waals surface area contributed by atoms with E-state index in [9.17, 15) is 0 Å². The predicted molar refractivity (Wildman–Crippen MR) is 43.2 cm³/mol. The van der Waals surface area contributed by atoms with Crippen molar-refractivity contribution in [1.82, 2.24) is 0 Å². The van der Waals surface area contributed by atoms with Gasteiger partial charge in [-0.1, -0.05) is 6.08 Å². The lowest BCUT2D eigenvalue weighted by Gasteiger charge is -1.86. The van der Waals surface area contributed by atoms with Gasteiger partial charge in [0.05, 0.1) is 12.5 Å². The Morgan fingerprint density at radius 1 is 1.56 bits per heavy atom. The molecule has 0 amide bonds. The zero-order valence-electron chi connectivity index (χ0n) is 4.96. The SMILES string of the molecule is N#CCC=C1SCCS1. The van der Waals surface area contributed by atoms with Crippen LogP contribution in [0.15, 0.2) is 10.3 Å². The van der Waals surface area contributed by atoms with Crippen LogP contribution in [0.1, 0.15) is 6.42 Å². The van der Waals surface area contributed by atoms with Crippen molar-refractivity contribution in [2.75, 3.05) is 11.5 Å². The van der Waals surface area contributed by atoms with Crippen molar-refractivity contribution in [2.24, 2.45) is 0 Å². The molecule has 0 radical (unpaired) electrons. The zero-order valence-corrected chi connectivity index (χ0v) is 6.60. The highest BCUT2D eigenvalue weighted by atomic mass is 32.2. The molecule has 48 valence electrons. The quantitative estimate of drug-likeness (QED) is 0.583. The van der Waals surface area contributed by atoms with Crippen molar-refractivity contribution in [2.45, 2.75) is 6.42 Å². The second kappa shape index (κ2) is 3.86. The van der Waals surface area contributed by atoms with Gasteiger partial charge >= 0.3 is 0 Å². The summed E-state index contributed by atoms with van der Waals surface area (Å²) in [5, 5.41) is 8.21. The lowest BCUT2D eigenvalue weighted by molar-refractivity contribution is 1.36. The fourth-order valence-corrected chi connectivity index (χ4v) is 2.88. The summed E-state index contributed by atoms with van der Waals surface area (Å²) in [6.07, 6.45) is 2.57. The van der Waals surface area contributed by atoms with Crippen molar-refractivity contribution < 1.29 is 0 Å². The number of nitrogens with zero attached hydrogens (tertiary/aromatic N) is 1. The Bertz CT molecular complexity index is 149. The highest BCUT2D eigenvalue weighted by Crippen LogP contribution is 2.35. The van der Waals surface area contributed by atoms with Gasteiger partial charge in [0, 0.05) is 15.7 Å². The summed E-state index contributed by atoms with van der Waals surface area (Å²) in [5.41, 5.74) is 0. The van der Waals surface area contributed by atoms with E-state index in [1.165, 1.54) is 15.7 Å². The Labute approximate surface area is 63.5 Å². The first-order valence-corrected chi connectivity index (χ1v) is 4.73. The normalized spacial score (nSPS) is 17.4. The van der Waals surface area contributed by atoms with Crippen LogP contribution in [0.4, 0.5) is 0 Å². The zero-order chi connectivity index (χ0) is 6.53. The fraction of sp³-hybridized carbons (Fsp3) is 0.500. The van der Waals surface area contributed by atoms with Gasteiger partial charge in [0.15, 0.2) is 0 Å². The fourth-order valence-electron chi connectivity index (χ4n) is 0.573. The van der Waals surface area contributed by atoms with Crippen molar-refractivity contribution >= 4 is 23.5 Å².